The first-order valence-electron chi connectivity index (χ1n) is 5.85. The minimum atomic E-state index is 0.0293. The van der Waals surface area contributed by atoms with E-state index in [0.29, 0.717) is 24.2 Å². The average Bonchev–Trinajstić information content (AvgIpc) is 2.61. The summed E-state index contributed by atoms with van der Waals surface area (Å²) >= 11 is 0. The lowest BCUT2D eigenvalue weighted by atomic mass is 9.97. The molecule has 0 bridgehead atoms. The fraction of sp³-hybridized carbons (Fsp3) is 0.833. The third-order valence-electron chi connectivity index (χ3n) is 3.38. The van der Waals surface area contributed by atoms with Gasteiger partial charge in [-0.25, -0.2) is 4.39 Å². The predicted octanol–water partition coefficient (Wildman–Crippen LogP) is 3.95. The zero-order valence-corrected chi connectivity index (χ0v) is 8.89. The molecule has 2 aliphatic rings. The second kappa shape index (κ2) is 4.33. The highest BCUT2D eigenvalue weighted by atomic mass is 19.1. The van der Waals surface area contributed by atoms with E-state index in [1.807, 2.05) is 0 Å². The highest BCUT2D eigenvalue weighted by molar-refractivity contribution is 5.08. The van der Waals surface area contributed by atoms with Crippen LogP contribution in [0.1, 0.15) is 51.9 Å². The van der Waals surface area contributed by atoms with Gasteiger partial charge in [0.15, 0.2) is 0 Å². The molecule has 0 N–H and O–H groups in total. The SMILES string of the molecule is CCCCC1=C(F)CC2CCCC2O1. The molecule has 0 amide bonds. The Bertz CT molecular complexity index is 234. The minimum absolute atomic E-state index is 0.0293. The average molecular weight is 198 g/mol. The lowest BCUT2D eigenvalue weighted by molar-refractivity contribution is 0.0473. The maximum Gasteiger partial charge on any atom is 0.138 e. The van der Waals surface area contributed by atoms with Crippen LogP contribution in [-0.4, -0.2) is 6.10 Å². The summed E-state index contributed by atoms with van der Waals surface area (Å²) in [7, 11) is 0. The summed E-state index contributed by atoms with van der Waals surface area (Å²) < 4.78 is 19.3. The molecular weight excluding hydrogens is 179 g/mol. The molecule has 1 heterocycles. The summed E-state index contributed by atoms with van der Waals surface area (Å²) in [6.07, 6.45) is 7.42. The Labute approximate surface area is 85.3 Å². The molecule has 0 aromatic heterocycles. The van der Waals surface area contributed by atoms with E-state index < -0.39 is 0 Å². The van der Waals surface area contributed by atoms with E-state index in [1.54, 1.807) is 0 Å². The quantitative estimate of drug-likeness (QED) is 0.667. The molecule has 0 spiro atoms. The highest BCUT2D eigenvalue weighted by Gasteiger charge is 2.35. The fourth-order valence-electron chi connectivity index (χ4n) is 2.51. The van der Waals surface area contributed by atoms with Crippen LogP contribution in [0.5, 0.6) is 0 Å². The summed E-state index contributed by atoms with van der Waals surface area (Å²) in [6, 6.07) is 0. The van der Waals surface area contributed by atoms with E-state index in [2.05, 4.69) is 6.92 Å². The van der Waals surface area contributed by atoms with E-state index in [9.17, 15) is 4.39 Å². The predicted molar refractivity (Wildman–Crippen MR) is 54.5 cm³/mol. The molecule has 0 saturated heterocycles. The van der Waals surface area contributed by atoms with Crippen LogP contribution in [0.2, 0.25) is 0 Å². The monoisotopic (exact) mass is 198 g/mol. The van der Waals surface area contributed by atoms with Crippen molar-refractivity contribution in [1.82, 2.24) is 0 Å². The number of allylic oxidation sites excluding steroid dienone is 2. The van der Waals surface area contributed by atoms with Crippen LogP contribution in [0.4, 0.5) is 4.39 Å². The van der Waals surface area contributed by atoms with Gasteiger partial charge in [0.05, 0.1) is 0 Å². The van der Waals surface area contributed by atoms with Gasteiger partial charge in [-0.3, -0.25) is 0 Å². The number of rotatable bonds is 3. The first-order valence-corrected chi connectivity index (χ1v) is 5.85. The molecule has 1 saturated carbocycles. The summed E-state index contributed by atoms with van der Waals surface area (Å²) in [6.45, 7) is 2.12. The van der Waals surface area contributed by atoms with Crippen molar-refractivity contribution in [1.29, 1.82) is 0 Å². The molecule has 14 heavy (non-hydrogen) atoms. The maximum absolute atomic E-state index is 13.6. The van der Waals surface area contributed by atoms with E-state index in [0.717, 1.165) is 32.1 Å². The number of ether oxygens (including phenoxy) is 1. The topological polar surface area (TPSA) is 9.23 Å². The molecule has 2 atom stereocenters. The van der Waals surface area contributed by atoms with E-state index in [-0.39, 0.29) is 5.83 Å². The molecule has 2 rings (SSSR count). The van der Waals surface area contributed by atoms with Gasteiger partial charge in [-0.1, -0.05) is 13.3 Å². The van der Waals surface area contributed by atoms with Crippen LogP contribution in [0, 0.1) is 5.92 Å². The third-order valence-corrected chi connectivity index (χ3v) is 3.38. The third kappa shape index (κ3) is 1.94. The van der Waals surface area contributed by atoms with Crippen molar-refractivity contribution < 1.29 is 9.13 Å². The first kappa shape index (κ1) is 10.0. The molecule has 2 heteroatoms. The Morgan fingerprint density at radius 2 is 2.29 bits per heavy atom. The van der Waals surface area contributed by atoms with Gasteiger partial charge in [-0.15, -0.1) is 0 Å². The van der Waals surface area contributed by atoms with Crippen molar-refractivity contribution in [2.24, 2.45) is 5.92 Å². The zero-order valence-electron chi connectivity index (χ0n) is 8.89. The smallest absolute Gasteiger partial charge is 0.138 e. The Kier molecular flexibility index (Phi) is 3.09. The number of hydrogen-bond acceptors (Lipinski definition) is 1. The molecular formula is C12H19FO. The molecule has 1 fully saturated rings. The van der Waals surface area contributed by atoms with Crippen LogP contribution in [0.25, 0.3) is 0 Å². The maximum atomic E-state index is 13.6. The van der Waals surface area contributed by atoms with Crippen molar-refractivity contribution in [2.45, 2.75) is 58.0 Å². The lowest BCUT2D eigenvalue weighted by Crippen LogP contribution is -2.23. The zero-order chi connectivity index (χ0) is 9.97. The molecule has 1 aliphatic carbocycles. The normalized spacial score (nSPS) is 31.6. The fourth-order valence-corrected chi connectivity index (χ4v) is 2.51. The molecule has 80 valence electrons. The van der Waals surface area contributed by atoms with Gasteiger partial charge in [0, 0.05) is 18.8 Å². The van der Waals surface area contributed by atoms with Gasteiger partial charge < -0.3 is 4.74 Å². The highest BCUT2D eigenvalue weighted by Crippen LogP contribution is 2.40. The van der Waals surface area contributed by atoms with Gasteiger partial charge in [0.25, 0.3) is 0 Å². The molecule has 1 nitrogen and oxygen atoms in total. The van der Waals surface area contributed by atoms with Gasteiger partial charge in [-0.2, -0.15) is 0 Å². The Balaban J connectivity index is 1.98. The summed E-state index contributed by atoms with van der Waals surface area (Å²) in [5.41, 5.74) is 0. The van der Waals surface area contributed by atoms with Crippen molar-refractivity contribution in [3.63, 3.8) is 0 Å². The van der Waals surface area contributed by atoms with Gasteiger partial charge >= 0.3 is 0 Å². The number of halogens is 1. The van der Waals surface area contributed by atoms with Crippen molar-refractivity contribution in [3.05, 3.63) is 11.6 Å². The van der Waals surface area contributed by atoms with Crippen LogP contribution < -0.4 is 0 Å². The Morgan fingerprint density at radius 3 is 3.07 bits per heavy atom. The summed E-state index contributed by atoms with van der Waals surface area (Å²) in [4.78, 5) is 0. The number of hydrogen-bond donors (Lipinski definition) is 0. The first-order chi connectivity index (χ1) is 6.81. The van der Waals surface area contributed by atoms with E-state index in [4.69, 9.17) is 4.74 Å². The second-order valence-electron chi connectivity index (χ2n) is 4.48. The Hall–Kier alpha value is -0.530. The largest absolute Gasteiger partial charge is 0.492 e. The van der Waals surface area contributed by atoms with Gasteiger partial charge in [0.2, 0.25) is 0 Å². The van der Waals surface area contributed by atoms with Gasteiger partial charge in [-0.05, 0) is 25.7 Å². The standard InChI is InChI=1S/C12H19FO/c1-2-3-6-12-10(13)8-9-5-4-7-11(9)14-12/h9,11H,2-8H2,1H3. The summed E-state index contributed by atoms with van der Waals surface area (Å²) in [5, 5.41) is 0. The lowest BCUT2D eigenvalue weighted by Gasteiger charge is -2.28. The minimum Gasteiger partial charge on any atom is -0.492 e. The van der Waals surface area contributed by atoms with Gasteiger partial charge in [0.1, 0.15) is 17.7 Å². The Morgan fingerprint density at radius 1 is 1.43 bits per heavy atom. The van der Waals surface area contributed by atoms with Crippen molar-refractivity contribution in [3.8, 4) is 0 Å². The number of unbranched alkanes of at least 4 members (excludes halogenated alkanes) is 1. The molecule has 0 aromatic rings. The van der Waals surface area contributed by atoms with Crippen LogP contribution in [-0.2, 0) is 4.74 Å². The molecule has 0 aromatic carbocycles. The second-order valence-corrected chi connectivity index (χ2v) is 4.48. The van der Waals surface area contributed by atoms with Crippen molar-refractivity contribution >= 4 is 0 Å². The van der Waals surface area contributed by atoms with Crippen molar-refractivity contribution in [2.75, 3.05) is 0 Å². The molecule has 2 unspecified atom stereocenters. The number of fused-ring (bicyclic) bond motifs is 1. The molecule has 0 radical (unpaired) electrons. The van der Waals surface area contributed by atoms with Crippen LogP contribution >= 0.6 is 0 Å². The van der Waals surface area contributed by atoms with Crippen LogP contribution in [0.15, 0.2) is 11.6 Å². The molecule has 1 aliphatic heterocycles. The van der Waals surface area contributed by atoms with E-state index in [1.165, 1.54) is 6.42 Å². The van der Waals surface area contributed by atoms with E-state index >= 15 is 0 Å². The van der Waals surface area contributed by atoms with Crippen LogP contribution in [0.3, 0.4) is 0 Å². The summed E-state index contributed by atoms with van der Waals surface area (Å²) in [5.74, 6) is 1.16.